The zero-order valence-corrected chi connectivity index (χ0v) is 16.7. The van der Waals surface area contributed by atoms with Crippen molar-refractivity contribution < 1.29 is 5.11 Å². The zero-order chi connectivity index (χ0) is 18.9. The molecule has 0 unspecified atom stereocenters. The molecular formula is C25H32N2O. The van der Waals surface area contributed by atoms with Crippen LogP contribution >= 0.6 is 0 Å². The molecule has 1 saturated heterocycles. The van der Waals surface area contributed by atoms with Crippen molar-refractivity contribution in [2.75, 3.05) is 13.1 Å². The SMILES string of the molecule is O[C@@H]1CCN(Cc2ccccc2CNC2[C@H]3CC[C@H]2Cc2ccccc2C3)C1. The summed E-state index contributed by atoms with van der Waals surface area (Å²) < 4.78 is 0. The topological polar surface area (TPSA) is 35.5 Å². The molecule has 2 N–H and O–H groups in total. The van der Waals surface area contributed by atoms with Crippen molar-refractivity contribution >= 4 is 0 Å². The molecular weight excluding hydrogens is 344 g/mol. The quantitative estimate of drug-likeness (QED) is 0.838. The van der Waals surface area contributed by atoms with Crippen molar-refractivity contribution in [2.24, 2.45) is 11.8 Å². The van der Waals surface area contributed by atoms with Crippen LogP contribution < -0.4 is 5.32 Å². The fourth-order valence-corrected chi connectivity index (χ4v) is 5.79. The number of hydrogen-bond acceptors (Lipinski definition) is 3. The molecule has 2 aromatic carbocycles. The van der Waals surface area contributed by atoms with Crippen molar-refractivity contribution in [3.8, 4) is 0 Å². The molecule has 1 heterocycles. The summed E-state index contributed by atoms with van der Waals surface area (Å²) in [6.45, 7) is 3.74. The molecule has 3 nitrogen and oxygen atoms in total. The summed E-state index contributed by atoms with van der Waals surface area (Å²) in [5.41, 5.74) is 5.99. The molecule has 0 aromatic heterocycles. The van der Waals surface area contributed by atoms with Crippen LogP contribution in [0, 0.1) is 11.8 Å². The molecule has 5 rings (SSSR count). The van der Waals surface area contributed by atoms with Gasteiger partial charge in [-0.05, 0) is 66.2 Å². The first kappa shape index (κ1) is 18.4. The molecule has 2 aromatic rings. The minimum Gasteiger partial charge on any atom is -0.392 e. The minimum atomic E-state index is -0.145. The van der Waals surface area contributed by atoms with E-state index < -0.39 is 0 Å². The van der Waals surface area contributed by atoms with Crippen LogP contribution in [-0.2, 0) is 25.9 Å². The maximum atomic E-state index is 9.83. The summed E-state index contributed by atoms with van der Waals surface area (Å²) in [5, 5.41) is 13.8. The molecule has 0 radical (unpaired) electrons. The van der Waals surface area contributed by atoms with Crippen LogP contribution in [0.15, 0.2) is 48.5 Å². The summed E-state index contributed by atoms with van der Waals surface area (Å²) in [6.07, 6.45) is 5.96. The first-order valence-corrected chi connectivity index (χ1v) is 11.0. The maximum absolute atomic E-state index is 9.83. The third-order valence-corrected chi connectivity index (χ3v) is 7.29. The van der Waals surface area contributed by atoms with Gasteiger partial charge in [-0.25, -0.2) is 0 Å². The van der Waals surface area contributed by atoms with Crippen LogP contribution in [0.4, 0.5) is 0 Å². The number of nitrogens with one attached hydrogen (secondary N) is 1. The van der Waals surface area contributed by atoms with Crippen LogP contribution in [0.5, 0.6) is 0 Å². The summed E-state index contributed by atoms with van der Waals surface area (Å²) >= 11 is 0. The van der Waals surface area contributed by atoms with Crippen LogP contribution in [0.1, 0.15) is 41.5 Å². The van der Waals surface area contributed by atoms with Crippen molar-refractivity contribution in [2.45, 2.75) is 57.3 Å². The molecule has 1 saturated carbocycles. The summed E-state index contributed by atoms with van der Waals surface area (Å²) in [5.74, 6) is 1.55. The van der Waals surface area contributed by atoms with Gasteiger partial charge in [-0.15, -0.1) is 0 Å². The lowest BCUT2D eigenvalue weighted by molar-refractivity contribution is 0.174. The number of fused-ring (bicyclic) bond motifs is 3. The van der Waals surface area contributed by atoms with E-state index in [1.807, 2.05) is 0 Å². The number of nitrogens with zero attached hydrogens (tertiary/aromatic N) is 1. The maximum Gasteiger partial charge on any atom is 0.0679 e. The van der Waals surface area contributed by atoms with E-state index in [1.54, 1.807) is 11.1 Å². The van der Waals surface area contributed by atoms with Crippen LogP contribution in [0.25, 0.3) is 0 Å². The first-order chi connectivity index (χ1) is 13.8. The lowest BCUT2D eigenvalue weighted by Gasteiger charge is -2.25. The zero-order valence-electron chi connectivity index (χ0n) is 16.7. The molecule has 3 aliphatic rings. The molecule has 3 atom stereocenters. The van der Waals surface area contributed by atoms with Crippen LogP contribution in [-0.4, -0.2) is 35.2 Å². The monoisotopic (exact) mass is 376 g/mol. The fourth-order valence-electron chi connectivity index (χ4n) is 5.79. The second-order valence-corrected chi connectivity index (χ2v) is 9.13. The third-order valence-electron chi connectivity index (χ3n) is 7.29. The number of β-amino-alcohol motifs (C(OH)–C–C–N with tert-alkyl or cyclic N) is 1. The Labute approximate surface area is 168 Å². The van der Waals surface area contributed by atoms with Gasteiger partial charge in [0, 0.05) is 32.2 Å². The second-order valence-electron chi connectivity index (χ2n) is 9.13. The van der Waals surface area contributed by atoms with Gasteiger partial charge in [0.15, 0.2) is 0 Å². The van der Waals surface area contributed by atoms with E-state index in [4.69, 9.17) is 0 Å². The van der Waals surface area contributed by atoms with Crippen LogP contribution in [0.3, 0.4) is 0 Å². The molecule has 2 fully saturated rings. The van der Waals surface area contributed by atoms with E-state index in [0.29, 0.717) is 6.04 Å². The molecule has 0 spiro atoms. The summed E-state index contributed by atoms with van der Waals surface area (Å²) in [7, 11) is 0. The minimum absolute atomic E-state index is 0.145. The van der Waals surface area contributed by atoms with E-state index in [-0.39, 0.29) is 6.10 Å². The summed E-state index contributed by atoms with van der Waals surface area (Å²) in [4.78, 5) is 2.38. The third kappa shape index (κ3) is 3.76. The molecule has 28 heavy (non-hydrogen) atoms. The van der Waals surface area contributed by atoms with Crippen molar-refractivity contribution in [1.29, 1.82) is 0 Å². The number of benzene rings is 2. The Balaban J connectivity index is 1.27. The highest BCUT2D eigenvalue weighted by atomic mass is 16.3. The van der Waals surface area contributed by atoms with Gasteiger partial charge in [-0.2, -0.15) is 0 Å². The average Bonchev–Trinajstić information content (AvgIpc) is 3.23. The van der Waals surface area contributed by atoms with Gasteiger partial charge in [-0.1, -0.05) is 48.5 Å². The van der Waals surface area contributed by atoms with Gasteiger partial charge in [0.2, 0.25) is 0 Å². The Hall–Kier alpha value is -1.68. The number of likely N-dealkylation sites (tertiary alicyclic amines) is 1. The number of hydrogen-bond donors (Lipinski definition) is 2. The Morgan fingerprint density at radius 2 is 1.50 bits per heavy atom. The highest BCUT2D eigenvalue weighted by Gasteiger charge is 2.38. The van der Waals surface area contributed by atoms with E-state index in [2.05, 4.69) is 58.7 Å². The van der Waals surface area contributed by atoms with E-state index in [0.717, 1.165) is 44.4 Å². The average molecular weight is 377 g/mol. The fraction of sp³-hybridized carbons (Fsp3) is 0.520. The lowest BCUT2D eigenvalue weighted by Crippen LogP contribution is -2.37. The predicted octanol–water partition coefficient (Wildman–Crippen LogP) is 3.54. The van der Waals surface area contributed by atoms with Crippen molar-refractivity contribution in [3.05, 3.63) is 70.8 Å². The Morgan fingerprint density at radius 3 is 2.14 bits per heavy atom. The molecule has 148 valence electrons. The highest BCUT2D eigenvalue weighted by Crippen LogP contribution is 2.40. The molecule has 1 aliphatic heterocycles. The molecule has 2 bridgehead atoms. The molecule has 3 heteroatoms. The second kappa shape index (κ2) is 7.98. The van der Waals surface area contributed by atoms with E-state index in [1.165, 1.54) is 36.8 Å². The molecule has 0 amide bonds. The summed E-state index contributed by atoms with van der Waals surface area (Å²) in [6, 6.07) is 18.6. The van der Waals surface area contributed by atoms with Crippen molar-refractivity contribution in [3.63, 3.8) is 0 Å². The lowest BCUT2D eigenvalue weighted by atomic mass is 9.94. The van der Waals surface area contributed by atoms with E-state index >= 15 is 0 Å². The van der Waals surface area contributed by atoms with Gasteiger partial charge >= 0.3 is 0 Å². The van der Waals surface area contributed by atoms with Gasteiger partial charge < -0.3 is 10.4 Å². The standard InChI is InChI=1S/C25H32N2O/c28-24-11-12-27(17-24)16-23-8-4-3-7-22(23)15-26-25-20-9-10-21(25)14-19-6-2-1-5-18(19)13-20/h1-8,20-21,24-26,28H,9-17H2/t20-,21-,24+/m0/s1. The van der Waals surface area contributed by atoms with Gasteiger partial charge in [0.05, 0.1) is 6.10 Å². The smallest absolute Gasteiger partial charge is 0.0679 e. The normalized spacial score (nSPS) is 29.6. The first-order valence-electron chi connectivity index (χ1n) is 11.0. The highest BCUT2D eigenvalue weighted by molar-refractivity contribution is 5.31. The largest absolute Gasteiger partial charge is 0.392 e. The van der Waals surface area contributed by atoms with Crippen LogP contribution in [0.2, 0.25) is 0 Å². The van der Waals surface area contributed by atoms with Gasteiger partial charge in [0.25, 0.3) is 0 Å². The number of rotatable bonds is 5. The Bertz CT molecular complexity index is 787. The number of aliphatic hydroxyl groups excluding tert-OH is 1. The predicted molar refractivity (Wildman–Crippen MR) is 113 cm³/mol. The Kier molecular flexibility index (Phi) is 5.23. The molecule has 2 aliphatic carbocycles. The van der Waals surface area contributed by atoms with Crippen molar-refractivity contribution in [1.82, 2.24) is 10.2 Å². The Morgan fingerprint density at radius 1 is 0.857 bits per heavy atom. The van der Waals surface area contributed by atoms with Gasteiger partial charge in [0.1, 0.15) is 0 Å². The van der Waals surface area contributed by atoms with Gasteiger partial charge in [-0.3, -0.25) is 4.90 Å². The number of aliphatic hydroxyl groups is 1. The van der Waals surface area contributed by atoms with E-state index in [9.17, 15) is 5.11 Å².